The topological polar surface area (TPSA) is 152 Å². The zero-order valence-corrected chi connectivity index (χ0v) is 24.0. The summed E-state index contributed by atoms with van der Waals surface area (Å²) >= 11 is 0. The Bertz CT molecular complexity index is 1080. The molecular formula is C30H46O8. The van der Waals surface area contributed by atoms with Crippen LogP contribution in [0.15, 0.2) is 11.6 Å². The van der Waals surface area contributed by atoms with Gasteiger partial charge in [-0.05, 0) is 56.3 Å². The van der Waals surface area contributed by atoms with Crippen molar-refractivity contribution in [3.63, 3.8) is 0 Å². The molecule has 0 spiro atoms. The summed E-state index contributed by atoms with van der Waals surface area (Å²) < 4.78 is 0. The minimum atomic E-state index is -2.05. The molecular weight excluding hydrogens is 488 g/mol. The molecule has 3 saturated carbocycles. The Morgan fingerprint density at radius 3 is 2.18 bits per heavy atom. The van der Waals surface area contributed by atoms with Crippen LogP contribution in [0.4, 0.5) is 0 Å². The maximum Gasteiger partial charge on any atom is 0.167 e. The molecule has 0 bridgehead atoms. The van der Waals surface area contributed by atoms with Gasteiger partial charge in [-0.25, -0.2) is 0 Å². The number of carbonyl (C=O) groups excluding carboxylic acids is 3. The van der Waals surface area contributed by atoms with E-state index in [1.165, 1.54) is 20.8 Å². The average molecular weight is 535 g/mol. The third-order valence-corrected chi connectivity index (χ3v) is 11.8. The van der Waals surface area contributed by atoms with Gasteiger partial charge in [0.25, 0.3) is 0 Å². The highest BCUT2D eigenvalue weighted by atomic mass is 16.3. The zero-order chi connectivity index (χ0) is 29.0. The molecule has 2 unspecified atom stereocenters. The monoisotopic (exact) mass is 534 g/mol. The summed E-state index contributed by atoms with van der Waals surface area (Å²) in [7, 11) is 0. The Morgan fingerprint density at radius 2 is 1.63 bits per heavy atom. The van der Waals surface area contributed by atoms with Crippen molar-refractivity contribution in [3.05, 3.63) is 11.6 Å². The molecule has 0 saturated heterocycles. The standard InChI is InChI=1S/C30H46O8/c1-25(2)15-9-10-19-27(5)13-18(32)23(30(8,38)21(34)12-20(33)26(3,4)37)28(27,6)14-22(35)29(19,7)16(15)11-17(31)24(25)36/h9,16,18-20,23-24,32-33,36-38H,10-14H2,1-8H3/t16-,18-,19+,20?,23+,24?,27+,28-,29+,30+/m1/s1. The van der Waals surface area contributed by atoms with Crippen LogP contribution in [0, 0.1) is 39.4 Å². The lowest BCUT2D eigenvalue weighted by molar-refractivity contribution is -0.185. The molecule has 4 rings (SSSR count). The molecule has 214 valence electrons. The number of fused-ring (bicyclic) bond motifs is 5. The molecule has 38 heavy (non-hydrogen) atoms. The van der Waals surface area contributed by atoms with Gasteiger partial charge in [0.05, 0.1) is 17.8 Å². The van der Waals surface area contributed by atoms with Crippen LogP contribution in [0.3, 0.4) is 0 Å². The molecule has 0 amide bonds. The highest BCUT2D eigenvalue weighted by Crippen LogP contribution is 2.74. The van der Waals surface area contributed by atoms with Gasteiger partial charge in [0.2, 0.25) is 0 Å². The van der Waals surface area contributed by atoms with Crippen molar-refractivity contribution in [1.29, 1.82) is 0 Å². The number of aliphatic hydroxyl groups excluding tert-OH is 3. The molecule has 0 aliphatic heterocycles. The van der Waals surface area contributed by atoms with Gasteiger partial charge in [-0.2, -0.15) is 0 Å². The molecule has 0 radical (unpaired) electrons. The van der Waals surface area contributed by atoms with Gasteiger partial charge in [-0.3, -0.25) is 14.4 Å². The van der Waals surface area contributed by atoms with Gasteiger partial charge in [0.1, 0.15) is 17.5 Å². The largest absolute Gasteiger partial charge is 0.393 e. The molecule has 0 heterocycles. The molecule has 8 nitrogen and oxygen atoms in total. The van der Waals surface area contributed by atoms with Crippen LogP contribution >= 0.6 is 0 Å². The van der Waals surface area contributed by atoms with Crippen LogP contribution in [0.1, 0.15) is 87.5 Å². The number of hydrogen-bond donors (Lipinski definition) is 5. The predicted molar refractivity (Wildman–Crippen MR) is 140 cm³/mol. The fourth-order valence-electron chi connectivity index (χ4n) is 9.16. The van der Waals surface area contributed by atoms with Crippen LogP contribution in [-0.4, -0.2) is 72.4 Å². The first-order valence-electron chi connectivity index (χ1n) is 13.9. The number of allylic oxidation sites excluding steroid dienone is 1. The van der Waals surface area contributed by atoms with Crippen molar-refractivity contribution in [2.75, 3.05) is 0 Å². The summed E-state index contributed by atoms with van der Waals surface area (Å²) in [4.78, 5) is 40.5. The molecule has 4 aliphatic rings. The number of aliphatic hydroxyl groups is 5. The Kier molecular flexibility index (Phi) is 6.63. The SMILES string of the molecule is CC(C)(O)C(O)CC(=O)[C@](C)(O)[C@H]1[C@H](O)C[C@@]2(C)[C@@H]3CC=C4[C@@H](CC(=O)C(O)C4(C)C)[C@]3(C)C(=O)C[C@]12C. The highest BCUT2D eigenvalue weighted by molar-refractivity contribution is 5.93. The van der Waals surface area contributed by atoms with Crippen LogP contribution < -0.4 is 0 Å². The van der Waals surface area contributed by atoms with E-state index in [0.717, 1.165) is 5.57 Å². The second-order valence-corrected chi connectivity index (χ2v) is 14.7. The van der Waals surface area contributed by atoms with E-state index in [9.17, 15) is 39.9 Å². The second kappa shape index (κ2) is 8.53. The van der Waals surface area contributed by atoms with Crippen molar-refractivity contribution in [2.45, 2.75) is 117 Å². The molecule has 0 aromatic heterocycles. The van der Waals surface area contributed by atoms with Gasteiger partial charge in [-0.1, -0.05) is 46.3 Å². The van der Waals surface area contributed by atoms with Crippen LogP contribution in [-0.2, 0) is 14.4 Å². The first-order chi connectivity index (χ1) is 17.1. The maximum atomic E-state index is 14.2. The van der Waals surface area contributed by atoms with Crippen LogP contribution in [0.2, 0.25) is 0 Å². The van der Waals surface area contributed by atoms with Crippen LogP contribution in [0.25, 0.3) is 0 Å². The molecule has 5 N–H and O–H groups in total. The highest BCUT2D eigenvalue weighted by Gasteiger charge is 2.74. The van der Waals surface area contributed by atoms with Gasteiger partial charge in [-0.15, -0.1) is 0 Å². The quantitative estimate of drug-likeness (QED) is 0.336. The van der Waals surface area contributed by atoms with Gasteiger partial charge in [0, 0.05) is 36.0 Å². The lowest BCUT2D eigenvalue weighted by atomic mass is 9.38. The van der Waals surface area contributed by atoms with Gasteiger partial charge in [0.15, 0.2) is 11.6 Å². The average Bonchev–Trinajstić information content (AvgIpc) is 2.97. The van der Waals surface area contributed by atoms with Crippen molar-refractivity contribution in [2.24, 2.45) is 39.4 Å². The lowest BCUT2D eigenvalue weighted by Gasteiger charge is -2.64. The number of ketones is 3. The molecule has 4 aliphatic carbocycles. The zero-order valence-electron chi connectivity index (χ0n) is 24.0. The summed E-state index contributed by atoms with van der Waals surface area (Å²) in [6.07, 6.45) is -1.12. The van der Waals surface area contributed by atoms with Crippen LogP contribution in [0.5, 0.6) is 0 Å². The van der Waals surface area contributed by atoms with E-state index in [-0.39, 0.29) is 42.7 Å². The Balaban J connectivity index is 1.77. The van der Waals surface area contributed by atoms with E-state index in [2.05, 4.69) is 6.08 Å². The van der Waals surface area contributed by atoms with Crippen molar-refractivity contribution < 1.29 is 39.9 Å². The number of carbonyl (C=O) groups is 3. The first kappa shape index (κ1) is 29.5. The van der Waals surface area contributed by atoms with Gasteiger partial charge >= 0.3 is 0 Å². The fraction of sp³-hybridized carbons (Fsp3) is 0.833. The number of hydrogen-bond acceptors (Lipinski definition) is 8. The smallest absolute Gasteiger partial charge is 0.167 e. The van der Waals surface area contributed by atoms with Gasteiger partial charge < -0.3 is 25.5 Å². The maximum absolute atomic E-state index is 14.2. The fourth-order valence-corrected chi connectivity index (χ4v) is 9.16. The predicted octanol–water partition coefficient (Wildman–Crippen LogP) is 2.12. The van der Waals surface area contributed by atoms with E-state index >= 15 is 0 Å². The van der Waals surface area contributed by atoms with Crippen molar-refractivity contribution >= 4 is 17.3 Å². The summed E-state index contributed by atoms with van der Waals surface area (Å²) in [5, 5.41) is 54.2. The van der Waals surface area contributed by atoms with E-state index < -0.39 is 69.3 Å². The first-order valence-corrected chi connectivity index (χ1v) is 13.9. The number of rotatable bonds is 5. The second-order valence-electron chi connectivity index (χ2n) is 14.7. The van der Waals surface area contributed by atoms with Crippen molar-refractivity contribution in [1.82, 2.24) is 0 Å². The summed E-state index contributed by atoms with van der Waals surface area (Å²) in [6, 6.07) is 0. The summed E-state index contributed by atoms with van der Waals surface area (Å²) in [5.74, 6) is -2.60. The van der Waals surface area contributed by atoms with E-state index in [0.29, 0.717) is 6.42 Å². The third kappa shape index (κ3) is 3.70. The molecule has 10 atom stereocenters. The minimum Gasteiger partial charge on any atom is -0.393 e. The minimum absolute atomic E-state index is 0.0245. The lowest BCUT2D eigenvalue weighted by Crippen LogP contribution is -2.65. The van der Waals surface area contributed by atoms with E-state index in [4.69, 9.17) is 0 Å². The Morgan fingerprint density at radius 1 is 1.05 bits per heavy atom. The Hall–Kier alpha value is -1.45. The Labute approximate surface area is 225 Å². The molecule has 0 aromatic carbocycles. The summed E-state index contributed by atoms with van der Waals surface area (Å²) in [5.41, 5.74) is -5.93. The van der Waals surface area contributed by atoms with E-state index in [1.807, 2.05) is 34.6 Å². The van der Waals surface area contributed by atoms with E-state index in [1.54, 1.807) is 0 Å². The molecule has 8 heteroatoms. The molecule has 3 fully saturated rings. The van der Waals surface area contributed by atoms with Crippen molar-refractivity contribution in [3.8, 4) is 0 Å². The normalized spacial score (nSPS) is 44.9. The third-order valence-electron chi connectivity index (χ3n) is 11.8. The summed E-state index contributed by atoms with van der Waals surface area (Å²) in [6.45, 7) is 13.6. The number of Topliss-reactive ketones (excluding diaryl/α,β-unsaturated/α-hetero) is 3. The molecule has 0 aromatic rings.